The molecule has 14 heavy (non-hydrogen) atoms. The summed E-state index contributed by atoms with van der Waals surface area (Å²) in [5.74, 6) is 0.726. The molecule has 2 rings (SSSR count). The summed E-state index contributed by atoms with van der Waals surface area (Å²) in [5, 5.41) is 18.4. The number of nitrogens with one attached hydrogen (secondary N) is 1. The first-order valence-corrected chi connectivity index (χ1v) is 4.64. The molecule has 0 radical (unpaired) electrons. The van der Waals surface area contributed by atoms with Gasteiger partial charge in [-0.15, -0.1) is 5.10 Å². The summed E-state index contributed by atoms with van der Waals surface area (Å²) in [7, 11) is 0. The molecule has 0 aliphatic carbocycles. The molecule has 0 atom stereocenters. The van der Waals surface area contributed by atoms with Crippen molar-refractivity contribution in [3.63, 3.8) is 0 Å². The van der Waals surface area contributed by atoms with Crippen LogP contribution in [0.15, 0.2) is 12.3 Å². The Morgan fingerprint density at radius 1 is 1.50 bits per heavy atom. The van der Waals surface area contributed by atoms with Crippen LogP contribution in [-0.4, -0.2) is 23.3 Å². The molecule has 72 valence electrons. The molecule has 1 aliphatic rings. The Balaban J connectivity index is 2.18. The van der Waals surface area contributed by atoms with E-state index >= 15 is 0 Å². The highest BCUT2D eigenvalue weighted by atomic mass is 15.5. The molecule has 5 heteroatoms. The van der Waals surface area contributed by atoms with E-state index in [1.807, 2.05) is 11.1 Å². The smallest absolute Gasteiger partial charge is 0.166 e. The molecule has 0 aromatic carbocycles. The third-order valence-corrected chi connectivity index (χ3v) is 2.16. The van der Waals surface area contributed by atoms with Crippen LogP contribution in [-0.2, 0) is 0 Å². The molecule has 1 saturated heterocycles. The lowest BCUT2D eigenvalue weighted by molar-refractivity contribution is 0.505. The number of aromatic nitrogens is 2. The summed E-state index contributed by atoms with van der Waals surface area (Å²) in [5.41, 5.74) is 3.75. The van der Waals surface area contributed by atoms with E-state index in [1.165, 1.54) is 12.6 Å². The number of nitrogens with zero attached hydrogens (tertiary/aromatic N) is 4. The topological polar surface area (TPSA) is 64.8 Å². The molecule has 1 N–H and O–H groups in total. The average Bonchev–Trinajstić information content (AvgIpc) is 2.30. The van der Waals surface area contributed by atoms with Crippen molar-refractivity contribution in [1.82, 2.24) is 15.6 Å². The fourth-order valence-corrected chi connectivity index (χ4v) is 1.43. The second-order valence-electron chi connectivity index (χ2n) is 3.18. The number of anilines is 1. The van der Waals surface area contributed by atoms with Gasteiger partial charge in [0.1, 0.15) is 6.07 Å². The molecule has 0 amide bonds. The van der Waals surface area contributed by atoms with Crippen LogP contribution < -0.4 is 10.4 Å². The van der Waals surface area contributed by atoms with Crippen molar-refractivity contribution in [3.05, 3.63) is 17.8 Å². The number of hydrazine groups is 1. The Bertz CT molecular complexity index is 350. The van der Waals surface area contributed by atoms with Crippen LogP contribution in [0.3, 0.4) is 0 Å². The van der Waals surface area contributed by atoms with Gasteiger partial charge in [0.25, 0.3) is 0 Å². The highest BCUT2D eigenvalue weighted by Gasteiger charge is 2.11. The average molecular weight is 189 g/mol. The lowest BCUT2D eigenvalue weighted by Gasteiger charge is -2.27. The van der Waals surface area contributed by atoms with E-state index in [0.717, 1.165) is 25.3 Å². The maximum absolute atomic E-state index is 8.70. The molecule has 1 aromatic rings. The van der Waals surface area contributed by atoms with Crippen LogP contribution in [0.5, 0.6) is 0 Å². The fraction of sp³-hybridized carbons (Fsp3) is 0.444. The molecule has 1 aliphatic heterocycles. The third kappa shape index (κ3) is 1.80. The Morgan fingerprint density at radius 2 is 2.43 bits per heavy atom. The Kier molecular flexibility index (Phi) is 2.56. The van der Waals surface area contributed by atoms with E-state index in [0.29, 0.717) is 5.56 Å². The monoisotopic (exact) mass is 189 g/mol. The van der Waals surface area contributed by atoms with Crippen molar-refractivity contribution >= 4 is 5.82 Å². The Labute approximate surface area is 82.3 Å². The molecule has 1 aromatic heterocycles. The van der Waals surface area contributed by atoms with Crippen molar-refractivity contribution < 1.29 is 0 Å². The Morgan fingerprint density at radius 3 is 3.14 bits per heavy atom. The second-order valence-corrected chi connectivity index (χ2v) is 3.18. The van der Waals surface area contributed by atoms with Gasteiger partial charge in [0.15, 0.2) is 5.82 Å². The maximum Gasteiger partial charge on any atom is 0.166 e. The summed E-state index contributed by atoms with van der Waals surface area (Å²) in [6.45, 7) is 1.88. The molecule has 0 bridgehead atoms. The summed E-state index contributed by atoms with van der Waals surface area (Å²) in [6.07, 6.45) is 3.79. The van der Waals surface area contributed by atoms with Gasteiger partial charge in [-0.1, -0.05) is 0 Å². The molecular formula is C9H11N5. The van der Waals surface area contributed by atoms with Crippen molar-refractivity contribution in [1.29, 1.82) is 5.26 Å². The second kappa shape index (κ2) is 4.03. The minimum atomic E-state index is 0.544. The first-order valence-electron chi connectivity index (χ1n) is 4.64. The number of hydrogen-bond donors (Lipinski definition) is 1. The van der Waals surface area contributed by atoms with E-state index in [4.69, 9.17) is 5.26 Å². The zero-order chi connectivity index (χ0) is 9.80. The lowest BCUT2D eigenvalue weighted by atomic mass is 10.2. The summed E-state index contributed by atoms with van der Waals surface area (Å²) < 4.78 is 0. The number of nitriles is 1. The minimum absolute atomic E-state index is 0.544. The summed E-state index contributed by atoms with van der Waals surface area (Å²) in [6, 6.07) is 3.79. The SMILES string of the molecule is N#Cc1cnnc(N2CCCCN2)c1. The molecule has 2 heterocycles. The zero-order valence-corrected chi connectivity index (χ0v) is 7.77. The standard InChI is InChI=1S/C9H11N5/c10-6-8-5-9(13-11-7-8)14-4-2-1-3-12-14/h5,7,12H,1-4H2. The largest absolute Gasteiger partial charge is 0.291 e. The molecule has 0 unspecified atom stereocenters. The van der Waals surface area contributed by atoms with Gasteiger partial charge >= 0.3 is 0 Å². The van der Waals surface area contributed by atoms with Crippen LogP contribution in [0.1, 0.15) is 18.4 Å². The lowest BCUT2D eigenvalue weighted by Crippen LogP contribution is -2.43. The van der Waals surface area contributed by atoms with Crippen molar-refractivity contribution in [2.45, 2.75) is 12.8 Å². The minimum Gasteiger partial charge on any atom is -0.291 e. The highest BCUT2D eigenvalue weighted by molar-refractivity contribution is 5.42. The first kappa shape index (κ1) is 8.91. The van der Waals surface area contributed by atoms with Gasteiger partial charge in [-0.3, -0.25) is 5.01 Å². The maximum atomic E-state index is 8.70. The Hall–Kier alpha value is -1.67. The van der Waals surface area contributed by atoms with Gasteiger partial charge < -0.3 is 0 Å². The molecular weight excluding hydrogens is 178 g/mol. The molecule has 0 saturated carbocycles. The summed E-state index contributed by atoms with van der Waals surface area (Å²) >= 11 is 0. The van der Waals surface area contributed by atoms with Crippen molar-refractivity contribution in [2.24, 2.45) is 0 Å². The first-order chi connectivity index (χ1) is 6.90. The predicted octanol–water partition coefficient (Wildman–Crippen LogP) is 0.453. The summed E-state index contributed by atoms with van der Waals surface area (Å²) in [4.78, 5) is 0. The van der Waals surface area contributed by atoms with E-state index < -0.39 is 0 Å². The highest BCUT2D eigenvalue weighted by Crippen LogP contribution is 2.11. The number of hydrogen-bond acceptors (Lipinski definition) is 5. The van der Waals surface area contributed by atoms with Crippen LogP contribution in [0.25, 0.3) is 0 Å². The number of rotatable bonds is 1. The van der Waals surface area contributed by atoms with E-state index in [1.54, 1.807) is 6.07 Å². The quantitative estimate of drug-likeness (QED) is 0.695. The third-order valence-electron chi connectivity index (χ3n) is 2.16. The zero-order valence-electron chi connectivity index (χ0n) is 7.77. The van der Waals surface area contributed by atoms with E-state index in [2.05, 4.69) is 15.6 Å². The van der Waals surface area contributed by atoms with Crippen LogP contribution in [0.2, 0.25) is 0 Å². The molecule has 1 fully saturated rings. The molecule has 5 nitrogen and oxygen atoms in total. The van der Waals surface area contributed by atoms with Gasteiger partial charge in [0.2, 0.25) is 0 Å². The van der Waals surface area contributed by atoms with Gasteiger partial charge in [-0.25, -0.2) is 5.43 Å². The van der Waals surface area contributed by atoms with E-state index in [-0.39, 0.29) is 0 Å². The van der Waals surface area contributed by atoms with Gasteiger partial charge in [0.05, 0.1) is 11.8 Å². The van der Waals surface area contributed by atoms with Crippen molar-refractivity contribution in [3.8, 4) is 6.07 Å². The van der Waals surface area contributed by atoms with Crippen molar-refractivity contribution in [2.75, 3.05) is 18.1 Å². The predicted molar refractivity (Wildman–Crippen MR) is 51.3 cm³/mol. The van der Waals surface area contributed by atoms with Crippen LogP contribution in [0.4, 0.5) is 5.82 Å². The van der Waals surface area contributed by atoms with Gasteiger partial charge in [-0.05, 0) is 12.8 Å². The van der Waals surface area contributed by atoms with Gasteiger partial charge in [-0.2, -0.15) is 10.4 Å². The van der Waals surface area contributed by atoms with Crippen LogP contribution in [0, 0.1) is 11.3 Å². The molecule has 0 spiro atoms. The normalized spacial score (nSPS) is 16.4. The van der Waals surface area contributed by atoms with Crippen LogP contribution >= 0.6 is 0 Å². The fourth-order valence-electron chi connectivity index (χ4n) is 1.43. The van der Waals surface area contributed by atoms with Gasteiger partial charge in [0, 0.05) is 19.2 Å². The van der Waals surface area contributed by atoms with E-state index in [9.17, 15) is 0 Å².